The van der Waals surface area contributed by atoms with Crippen LogP contribution in [0, 0.1) is 0 Å². The highest BCUT2D eigenvalue weighted by molar-refractivity contribution is 7.62. The van der Waals surface area contributed by atoms with Crippen molar-refractivity contribution in [3.63, 3.8) is 0 Å². The van der Waals surface area contributed by atoms with E-state index in [1.54, 1.807) is 0 Å². The second-order valence-corrected chi connectivity index (χ2v) is 6.87. The van der Waals surface area contributed by atoms with E-state index in [0.29, 0.717) is 5.66 Å². The van der Waals surface area contributed by atoms with E-state index in [1.807, 2.05) is 6.07 Å². The van der Waals surface area contributed by atoms with Gasteiger partial charge in [-0.1, -0.05) is 56.3 Å². The summed E-state index contributed by atoms with van der Waals surface area (Å²) < 4.78 is 6.18. The van der Waals surface area contributed by atoms with Crippen LogP contribution >= 0.6 is 8.15 Å². The van der Waals surface area contributed by atoms with E-state index in [9.17, 15) is 0 Å². The average Bonchev–Trinajstić information content (AvgIpc) is 2.37. The first-order valence-electron chi connectivity index (χ1n) is 5.93. The van der Waals surface area contributed by atoms with Gasteiger partial charge in [-0.25, -0.2) is 0 Å². The monoisotopic (exact) mass is 242 g/mol. The Morgan fingerprint density at radius 2 is 1.53 bits per heavy atom. The summed E-state index contributed by atoms with van der Waals surface area (Å²) >= 11 is 0. The molecule has 0 radical (unpaired) electrons. The van der Waals surface area contributed by atoms with Gasteiger partial charge in [-0.2, -0.15) is 0 Å². The quantitative estimate of drug-likeness (QED) is 0.682. The molecule has 0 N–H and O–H groups in total. The van der Waals surface area contributed by atoms with Gasteiger partial charge in [0.2, 0.25) is 0 Å². The van der Waals surface area contributed by atoms with Crippen molar-refractivity contribution in [1.29, 1.82) is 0 Å². The predicted octanol–water partition coefficient (Wildman–Crippen LogP) is 4.18. The number of benzene rings is 2. The fourth-order valence-corrected chi connectivity index (χ4v) is 4.10. The van der Waals surface area contributed by atoms with Crippen LogP contribution < -0.4 is 9.83 Å². The van der Waals surface area contributed by atoms with Crippen LogP contribution in [0.3, 0.4) is 0 Å². The molecule has 1 nitrogen and oxygen atoms in total. The highest BCUT2D eigenvalue weighted by Gasteiger charge is 2.27. The lowest BCUT2D eigenvalue weighted by Crippen LogP contribution is -2.18. The minimum Gasteiger partial charge on any atom is -0.468 e. The Labute approximate surface area is 103 Å². The minimum absolute atomic E-state index is 0.533. The zero-order valence-electron chi connectivity index (χ0n) is 10.1. The molecule has 1 unspecified atom stereocenters. The van der Waals surface area contributed by atoms with Gasteiger partial charge >= 0.3 is 0 Å². The SMILES string of the molecule is CC(C)P1Oc2ccccc2-c2ccccc21. The molecule has 0 fully saturated rings. The maximum atomic E-state index is 6.18. The first-order valence-corrected chi connectivity index (χ1v) is 7.26. The summed E-state index contributed by atoms with van der Waals surface area (Å²) in [4.78, 5) is 0. The molecule has 1 heterocycles. The molecule has 0 spiro atoms. The Balaban J connectivity index is 2.22. The molecule has 2 heteroatoms. The molecule has 86 valence electrons. The Morgan fingerprint density at radius 1 is 0.882 bits per heavy atom. The molecule has 0 aromatic heterocycles. The molecule has 0 aliphatic carbocycles. The van der Waals surface area contributed by atoms with Gasteiger partial charge in [0.25, 0.3) is 0 Å². The van der Waals surface area contributed by atoms with Crippen LogP contribution in [0.1, 0.15) is 13.8 Å². The molecule has 0 bridgehead atoms. The molecule has 1 atom stereocenters. The van der Waals surface area contributed by atoms with Gasteiger partial charge < -0.3 is 4.52 Å². The van der Waals surface area contributed by atoms with Crippen LogP contribution in [0.5, 0.6) is 5.75 Å². The lowest BCUT2D eigenvalue weighted by atomic mass is 10.0. The van der Waals surface area contributed by atoms with Gasteiger partial charge in [-0.05, 0) is 11.6 Å². The Morgan fingerprint density at radius 3 is 2.29 bits per heavy atom. The van der Waals surface area contributed by atoms with Crippen LogP contribution in [0.2, 0.25) is 0 Å². The van der Waals surface area contributed by atoms with Crippen molar-refractivity contribution < 1.29 is 4.52 Å². The number of hydrogen-bond acceptors (Lipinski definition) is 1. The molecule has 1 aliphatic rings. The lowest BCUT2D eigenvalue weighted by molar-refractivity contribution is 0.611. The summed E-state index contributed by atoms with van der Waals surface area (Å²) in [5.41, 5.74) is 3.11. The largest absolute Gasteiger partial charge is 0.468 e. The molecular formula is C15H15OP. The highest BCUT2D eigenvalue weighted by Crippen LogP contribution is 2.50. The number of fused-ring (bicyclic) bond motifs is 3. The third kappa shape index (κ3) is 1.75. The van der Waals surface area contributed by atoms with E-state index in [0.717, 1.165) is 5.75 Å². The van der Waals surface area contributed by atoms with E-state index in [2.05, 4.69) is 56.3 Å². The van der Waals surface area contributed by atoms with Crippen LogP contribution in [0.4, 0.5) is 0 Å². The summed E-state index contributed by atoms with van der Waals surface area (Å²) in [6.07, 6.45) is 0. The molecule has 2 aromatic rings. The Kier molecular flexibility index (Phi) is 2.64. The standard InChI is InChI=1S/C15H15OP/c1-11(2)17-15-10-6-4-8-13(15)12-7-3-5-9-14(12)16-17/h3-11H,1-2H3. The van der Waals surface area contributed by atoms with Gasteiger partial charge in [0.05, 0.1) is 0 Å². The first kappa shape index (κ1) is 10.8. The van der Waals surface area contributed by atoms with E-state index in [1.165, 1.54) is 16.4 Å². The number of hydrogen-bond donors (Lipinski definition) is 0. The van der Waals surface area contributed by atoms with Crippen LogP contribution in [0.15, 0.2) is 48.5 Å². The zero-order valence-corrected chi connectivity index (χ0v) is 10.9. The van der Waals surface area contributed by atoms with E-state index in [-0.39, 0.29) is 0 Å². The van der Waals surface area contributed by atoms with Crippen molar-refractivity contribution in [2.75, 3.05) is 0 Å². The smallest absolute Gasteiger partial charge is 0.131 e. The minimum atomic E-state index is -0.533. The summed E-state index contributed by atoms with van der Waals surface area (Å²) in [6, 6.07) is 16.9. The predicted molar refractivity (Wildman–Crippen MR) is 74.2 cm³/mol. The van der Waals surface area contributed by atoms with Crippen molar-refractivity contribution in [3.8, 4) is 16.9 Å². The number of para-hydroxylation sites is 1. The van der Waals surface area contributed by atoms with Crippen LogP contribution in [0.25, 0.3) is 11.1 Å². The molecule has 0 amide bonds. The molecule has 17 heavy (non-hydrogen) atoms. The van der Waals surface area contributed by atoms with Crippen molar-refractivity contribution in [2.45, 2.75) is 19.5 Å². The van der Waals surface area contributed by atoms with Gasteiger partial charge in [0, 0.05) is 16.5 Å². The second-order valence-electron chi connectivity index (χ2n) is 4.52. The topological polar surface area (TPSA) is 9.23 Å². The number of rotatable bonds is 1. The molecule has 0 saturated heterocycles. The van der Waals surface area contributed by atoms with E-state index in [4.69, 9.17) is 4.52 Å². The van der Waals surface area contributed by atoms with Gasteiger partial charge in [0.15, 0.2) is 0 Å². The summed E-state index contributed by atoms with van der Waals surface area (Å²) in [7, 11) is -0.533. The van der Waals surface area contributed by atoms with Gasteiger partial charge in [-0.15, -0.1) is 0 Å². The third-order valence-corrected chi connectivity index (χ3v) is 5.18. The summed E-state index contributed by atoms with van der Waals surface area (Å²) in [6.45, 7) is 4.47. The lowest BCUT2D eigenvalue weighted by Gasteiger charge is -2.30. The Bertz CT molecular complexity index is 548. The summed E-state index contributed by atoms with van der Waals surface area (Å²) in [5, 5.41) is 1.37. The van der Waals surface area contributed by atoms with Crippen LogP contribution in [-0.2, 0) is 0 Å². The van der Waals surface area contributed by atoms with Gasteiger partial charge in [-0.3, -0.25) is 0 Å². The fourth-order valence-electron chi connectivity index (χ4n) is 2.20. The maximum Gasteiger partial charge on any atom is 0.131 e. The van der Waals surface area contributed by atoms with Crippen molar-refractivity contribution in [1.82, 2.24) is 0 Å². The first-order chi connectivity index (χ1) is 8.27. The van der Waals surface area contributed by atoms with Crippen molar-refractivity contribution >= 4 is 13.5 Å². The fraction of sp³-hybridized carbons (Fsp3) is 0.200. The van der Waals surface area contributed by atoms with Crippen molar-refractivity contribution in [2.24, 2.45) is 0 Å². The van der Waals surface area contributed by atoms with Crippen LogP contribution in [-0.4, -0.2) is 5.66 Å². The molecule has 3 rings (SSSR count). The van der Waals surface area contributed by atoms with Gasteiger partial charge in [0.1, 0.15) is 13.9 Å². The molecule has 1 aliphatic heterocycles. The van der Waals surface area contributed by atoms with E-state index >= 15 is 0 Å². The molecular weight excluding hydrogens is 227 g/mol. The molecule has 2 aromatic carbocycles. The average molecular weight is 242 g/mol. The molecule has 0 saturated carbocycles. The summed E-state index contributed by atoms with van der Waals surface area (Å²) in [5.74, 6) is 1.03. The second kappa shape index (κ2) is 4.16. The maximum absolute atomic E-state index is 6.18. The highest BCUT2D eigenvalue weighted by atomic mass is 31.1. The van der Waals surface area contributed by atoms with Crippen molar-refractivity contribution in [3.05, 3.63) is 48.5 Å². The normalized spacial score (nSPS) is 17.2. The Hall–Kier alpha value is -1.33. The third-order valence-electron chi connectivity index (χ3n) is 2.98. The zero-order chi connectivity index (χ0) is 11.8. The van der Waals surface area contributed by atoms with E-state index < -0.39 is 8.15 Å².